The van der Waals surface area contributed by atoms with Crippen LogP contribution in [0.15, 0.2) is 12.3 Å². The van der Waals surface area contributed by atoms with Crippen molar-refractivity contribution in [2.75, 3.05) is 12.3 Å². The molecule has 3 rings (SSSR count). The average Bonchev–Trinajstić information content (AvgIpc) is 2.77. The van der Waals surface area contributed by atoms with Crippen LogP contribution in [0.1, 0.15) is 36.8 Å². The van der Waals surface area contributed by atoms with Gasteiger partial charge in [-0.2, -0.15) is 0 Å². The van der Waals surface area contributed by atoms with Crippen molar-refractivity contribution in [1.82, 2.24) is 19.4 Å². The summed E-state index contributed by atoms with van der Waals surface area (Å²) >= 11 is 2.12. The number of hydrogen-bond donors (Lipinski definition) is 1. The molecular weight excluding hydrogens is 449 g/mol. The Morgan fingerprint density at radius 2 is 2.08 bits per heavy atom. The summed E-state index contributed by atoms with van der Waals surface area (Å²) in [6, 6.07) is 1.75. The highest BCUT2D eigenvalue weighted by Gasteiger charge is 2.37. The van der Waals surface area contributed by atoms with Gasteiger partial charge in [0.15, 0.2) is 0 Å². The van der Waals surface area contributed by atoms with Crippen LogP contribution in [0.2, 0.25) is 0 Å². The van der Waals surface area contributed by atoms with E-state index in [4.69, 9.17) is 10.5 Å². The number of nitrogens with two attached hydrogens (primary N) is 1. The van der Waals surface area contributed by atoms with E-state index in [1.165, 1.54) is 0 Å². The third-order valence-corrected chi connectivity index (χ3v) is 5.07. The molecule has 0 bridgehead atoms. The molecule has 2 aromatic heterocycles. The van der Waals surface area contributed by atoms with Crippen LogP contribution in [0.4, 0.5) is 10.7 Å². The molecule has 3 heterocycles. The van der Waals surface area contributed by atoms with Gasteiger partial charge in [-0.3, -0.25) is 4.79 Å². The summed E-state index contributed by atoms with van der Waals surface area (Å²) in [6.07, 6.45) is 1.50. The summed E-state index contributed by atoms with van der Waals surface area (Å²) in [5.74, 6) is -0.187. The molecule has 1 aliphatic heterocycles. The molecule has 8 nitrogen and oxygen atoms in total. The van der Waals surface area contributed by atoms with E-state index in [9.17, 15) is 9.59 Å². The van der Waals surface area contributed by atoms with E-state index < -0.39 is 11.7 Å². The molecule has 2 N–H and O–H groups in total. The Kier molecular flexibility index (Phi) is 4.67. The number of rotatable bonds is 1. The van der Waals surface area contributed by atoms with Gasteiger partial charge < -0.3 is 15.0 Å². The predicted molar refractivity (Wildman–Crippen MR) is 105 cm³/mol. The minimum Gasteiger partial charge on any atom is -0.443 e. The number of halogens is 1. The first-order valence-electron chi connectivity index (χ1n) is 8.11. The van der Waals surface area contributed by atoms with Gasteiger partial charge >= 0.3 is 6.09 Å². The van der Waals surface area contributed by atoms with E-state index in [0.717, 1.165) is 19.9 Å². The summed E-state index contributed by atoms with van der Waals surface area (Å²) in [5.41, 5.74) is 7.83. The van der Waals surface area contributed by atoms with E-state index in [-0.39, 0.29) is 18.4 Å². The van der Waals surface area contributed by atoms with Gasteiger partial charge in [0.1, 0.15) is 5.60 Å². The fourth-order valence-electron chi connectivity index (χ4n) is 2.94. The highest BCUT2D eigenvalue weighted by Crippen LogP contribution is 2.35. The number of ether oxygens (including phenoxy) is 1. The van der Waals surface area contributed by atoms with Crippen LogP contribution >= 0.6 is 22.6 Å². The molecule has 0 fully saturated rings. The molecular formula is C17H20IN5O3. The van der Waals surface area contributed by atoms with Crippen molar-refractivity contribution in [2.45, 2.75) is 32.8 Å². The molecule has 138 valence electrons. The molecule has 0 saturated carbocycles. The number of hydrogen-bond acceptors (Lipinski definition) is 6. The minimum atomic E-state index is -0.662. The van der Waals surface area contributed by atoms with Crippen molar-refractivity contribution in [3.05, 3.63) is 27.1 Å². The van der Waals surface area contributed by atoms with Gasteiger partial charge in [-0.25, -0.2) is 19.7 Å². The van der Waals surface area contributed by atoms with Crippen LogP contribution in [0, 0.1) is 3.57 Å². The molecule has 0 aromatic carbocycles. The summed E-state index contributed by atoms with van der Waals surface area (Å²) in [4.78, 5) is 34.7. The summed E-state index contributed by atoms with van der Waals surface area (Å²) in [7, 11) is 1.88. The highest BCUT2D eigenvalue weighted by molar-refractivity contribution is 14.1. The van der Waals surface area contributed by atoms with Crippen LogP contribution in [-0.2, 0) is 18.2 Å². The number of aromatic nitrogens is 3. The highest BCUT2D eigenvalue weighted by atomic mass is 127. The summed E-state index contributed by atoms with van der Waals surface area (Å²) < 4.78 is 8.03. The van der Waals surface area contributed by atoms with Crippen LogP contribution in [0.3, 0.4) is 0 Å². The molecule has 0 radical (unpaired) electrons. The monoisotopic (exact) mass is 469 g/mol. The SMILES string of the molecule is Cn1c2c(c(I)c1-c1ccnc(N)n1)C(=O)N(C(=O)OC(C)(C)C)CC2. The Balaban J connectivity index is 2.03. The van der Waals surface area contributed by atoms with Crippen molar-refractivity contribution < 1.29 is 14.3 Å². The zero-order valence-corrected chi connectivity index (χ0v) is 17.2. The number of carbonyl (C=O) groups is 2. The minimum absolute atomic E-state index is 0.166. The van der Waals surface area contributed by atoms with Gasteiger partial charge in [-0.1, -0.05) is 0 Å². The van der Waals surface area contributed by atoms with Crippen LogP contribution in [-0.4, -0.2) is 43.6 Å². The maximum Gasteiger partial charge on any atom is 0.417 e. The maximum absolute atomic E-state index is 13.0. The molecule has 26 heavy (non-hydrogen) atoms. The third kappa shape index (κ3) is 3.27. The number of nitrogen functional groups attached to an aromatic ring is 1. The average molecular weight is 469 g/mol. The normalized spacial score (nSPS) is 14.3. The summed E-state index contributed by atoms with van der Waals surface area (Å²) in [5, 5.41) is 0. The molecule has 0 unspecified atom stereocenters. The second kappa shape index (κ2) is 6.53. The third-order valence-electron chi connectivity index (χ3n) is 4.02. The van der Waals surface area contributed by atoms with Gasteiger partial charge in [0, 0.05) is 31.9 Å². The lowest BCUT2D eigenvalue weighted by Crippen LogP contribution is -2.45. The number of carbonyl (C=O) groups excluding carboxylic acids is 2. The Bertz CT molecular complexity index is 901. The summed E-state index contributed by atoms with van der Waals surface area (Å²) in [6.45, 7) is 5.60. The molecule has 2 aromatic rings. The van der Waals surface area contributed by atoms with Crippen molar-refractivity contribution in [1.29, 1.82) is 0 Å². The smallest absolute Gasteiger partial charge is 0.417 e. The first-order chi connectivity index (χ1) is 12.1. The zero-order valence-electron chi connectivity index (χ0n) is 15.0. The predicted octanol–water partition coefficient (Wildman–Crippen LogP) is 2.60. The lowest BCUT2D eigenvalue weighted by atomic mass is 10.1. The second-order valence-electron chi connectivity index (χ2n) is 7.03. The van der Waals surface area contributed by atoms with Crippen molar-refractivity contribution in [3.63, 3.8) is 0 Å². The number of imide groups is 1. The fraction of sp³-hybridized carbons (Fsp3) is 0.412. The Labute approximate surface area is 164 Å². The molecule has 9 heteroatoms. The first kappa shape index (κ1) is 18.6. The van der Waals surface area contributed by atoms with Gasteiger partial charge in [0.2, 0.25) is 5.95 Å². The fourth-order valence-corrected chi connectivity index (χ4v) is 4.12. The molecule has 0 atom stereocenters. The largest absolute Gasteiger partial charge is 0.443 e. The van der Waals surface area contributed by atoms with Gasteiger partial charge in [-0.15, -0.1) is 0 Å². The standard InChI is InChI=1S/C17H20IN5O3/c1-17(2,3)26-16(25)23-8-6-10-11(14(23)24)12(18)13(22(10)4)9-5-7-20-15(19)21-9/h5,7H,6,8H2,1-4H3,(H2,19,20,21). The quantitative estimate of drug-likeness (QED) is 0.645. The van der Waals surface area contributed by atoms with E-state index >= 15 is 0 Å². The van der Waals surface area contributed by atoms with Crippen molar-refractivity contribution >= 4 is 40.5 Å². The molecule has 1 aliphatic rings. The molecule has 0 saturated heterocycles. The molecule has 0 spiro atoms. The Hall–Kier alpha value is -2.17. The van der Waals surface area contributed by atoms with Gasteiger partial charge in [-0.05, 0) is 49.4 Å². The molecule has 2 amide bonds. The van der Waals surface area contributed by atoms with Gasteiger partial charge in [0.05, 0.1) is 20.5 Å². The van der Waals surface area contributed by atoms with E-state index in [0.29, 0.717) is 17.7 Å². The lowest BCUT2D eigenvalue weighted by Gasteiger charge is -2.29. The zero-order chi connectivity index (χ0) is 19.2. The Morgan fingerprint density at radius 3 is 2.69 bits per heavy atom. The van der Waals surface area contributed by atoms with Crippen LogP contribution in [0.5, 0.6) is 0 Å². The van der Waals surface area contributed by atoms with E-state index in [1.807, 2.05) is 11.6 Å². The van der Waals surface area contributed by atoms with Crippen LogP contribution < -0.4 is 5.73 Å². The molecule has 0 aliphatic carbocycles. The number of amides is 2. The lowest BCUT2D eigenvalue weighted by molar-refractivity contribution is 0.0232. The van der Waals surface area contributed by atoms with E-state index in [1.54, 1.807) is 33.0 Å². The maximum atomic E-state index is 13.0. The van der Waals surface area contributed by atoms with Gasteiger partial charge in [0.25, 0.3) is 5.91 Å². The van der Waals surface area contributed by atoms with Crippen LogP contribution in [0.25, 0.3) is 11.4 Å². The number of nitrogens with zero attached hydrogens (tertiary/aromatic N) is 4. The number of fused-ring (bicyclic) bond motifs is 1. The van der Waals surface area contributed by atoms with E-state index in [2.05, 4.69) is 32.6 Å². The second-order valence-corrected chi connectivity index (χ2v) is 8.11. The topological polar surface area (TPSA) is 103 Å². The Morgan fingerprint density at radius 1 is 1.38 bits per heavy atom. The first-order valence-corrected chi connectivity index (χ1v) is 9.19. The number of anilines is 1. The van der Waals surface area contributed by atoms with Crippen molar-refractivity contribution in [3.8, 4) is 11.4 Å². The van der Waals surface area contributed by atoms with Crippen molar-refractivity contribution in [2.24, 2.45) is 7.05 Å².